The molecule has 4 fully saturated rings. The Balaban J connectivity index is 1.59. The van der Waals surface area contributed by atoms with Gasteiger partial charge < -0.3 is 5.11 Å². The Morgan fingerprint density at radius 2 is 1.42 bits per heavy atom. The van der Waals surface area contributed by atoms with Crippen LogP contribution in [-0.2, 0) is 0 Å². The standard InChI is InChI=1S/C30H50O/c1-25(2)15-9-16-27(5)20(25)12-18-29(7)22(27)10-11-23-28(6)17-14-24(31)26(3,4)21(28)13-19-30(23,29)8/h10,20-21,23-24,31H,9,11-19H2,1-8H3. The summed E-state index contributed by atoms with van der Waals surface area (Å²) in [6, 6.07) is 0. The minimum atomic E-state index is -0.126. The molecule has 0 aromatic heterocycles. The number of rotatable bonds is 0. The summed E-state index contributed by atoms with van der Waals surface area (Å²) in [5.41, 5.74) is 3.93. The Hall–Kier alpha value is -0.300. The summed E-state index contributed by atoms with van der Waals surface area (Å²) >= 11 is 0. The van der Waals surface area contributed by atoms with Gasteiger partial charge in [0, 0.05) is 0 Å². The van der Waals surface area contributed by atoms with Crippen LogP contribution in [0, 0.1) is 50.2 Å². The average Bonchev–Trinajstić information content (AvgIpc) is 2.65. The fraction of sp³-hybridized carbons (Fsp3) is 0.933. The smallest absolute Gasteiger partial charge is 0.0594 e. The van der Waals surface area contributed by atoms with E-state index in [1.165, 1.54) is 57.8 Å². The molecule has 4 saturated carbocycles. The second-order valence-electron chi connectivity index (χ2n) is 15.0. The van der Waals surface area contributed by atoms with E-state index in [2.05, 4.69) is 61.5 Å². The number of hydrogen-bond donors (Lipinski definition) is 1. The molecule has 176 valence electrons. The van der Waals surface area contributed by atoms with Crippen LogP contribution >= 0.6 is 0 Å². The first-order chi connectivity index (χ1) is 14.2. The highest BCUT2D eigenvalue weighted by Gasteiger charge is 2.68. The summed E-state index contributed by atoms with van der Waals surface area (Å²) < 4.78 is 0. The molecule has 1 heteroatoms. The monoisotopic (exact) mass is 426 g/mol. The Labute approximate surface area is 192 Å². The van der Waals surface area contributed by atoms with Gasteiger partial charge in [-0.3, -0.25) is 0 Å². The van der Waals surface area contributed by atoms with Gasteiger partial charge in [-0.05, 0) is 108 Å². The van der Waals surface area contributed by atoms with Gasteiger partial charge in [0.1, 0.15) is 0 Å². The molecular weight excluding hydrogens is 376 g/mol. The maximum Gasteiger partial charge on any atom is 0.0594 e. The van der Waals surface area contributed by atoms with Crippen LogP contribution < -0.4 is 0 Å². The molecule has 0 bridgehead atoms. The maximum absolute atomic E-state index is 10.9. The number of aliphatic hydroxyl groups is 1. The lowest BCUT2D eigenvalue weighted by atomic mass is 9.32. The largest absolute Gasteiger partial charge is 0.393 e. The zero-order valence-electron chi connectivity index (χ0n) is 21.9. The van der Waals surface area contributed by atoms with Crippen molar-refractivity contribution in [2.75, 3.05) is 0 Å². The van der Waals surface area contributed by atoms with Crippen molar-refractivity contribution in [1.29, 1.82) is 0 Å². The normalized spacial score (nSPS) is 55.2. The molecular formula is C30H50O. The summed E-state index contributed by atoms with van der Waals surface area (Å²) in [6.45, 7) is 20.6. The van der Waals surface area contributed by atoms with E-state index in [9.17, 15) is 5.11 Å². The molecule has 1 nitrogen and oxygen atoms in total. The van der Waals surface area contributed by atoms with Crippen molar-refractivity contribution in [3.05, 3.63) is 11.6 Å². The van der Waals surface area contributed by atoms with E-state index in [1.807, 2.05) is 5.57 Å². The SMILES string of the molecule is CC1(C)CCCC2(C)C3=CCC4C5(C)CCC(O)C(C)(C)C5CCC4(C)C3(C)CCC12. The highest BCUT2D eigenvalue weighted by Crippen LogP contribution is 2.76. The molecule has 5 rings (SSSR count). The van der Waals surface area contributed by atoms with Crippen LogP contribution in [0.2, 0.25) is 0 Å². The topological polar surface area (TPSA) is 20.2 Å². The highest BCUT2D eigenvalue weighted by molar-refractivity contribution is 5.35. The highest BCUT2D eigenvalue weighted by atomic mass is 16.3. The molecule has 5 aliphatic carbocycles. The van der Waals surface area contributed by atoms with Crippen molar-refractivity contribution in [3.8, 4) is 0 Å². The molecule has 0 aromatic rings. The van der Waals surface area contributed by atoms with Gasteiger partial charge in [0.25, 0.3) is 0 Å². The summed E-state index contributed by atoms with van der Waals surface area (Å²) in [4.78, 5) is 0. The quantitative estimate of drug-likeness (QED) is 0.387. The van der Waals surface area contributed by atoms with Crippen molar-refractivity contribution in [2.45, 2.75) is 126 Å². The number of allylic oxidation sites excluding steroid dienone is 2. The van der Waals surface area contributed by atoms with Gasteiger partial charge in [0.15, 0.2) is 0 Å². The van der Waals surface area contributed by atoms with E-state index in [0.29, 0.717) is 33.0 Å². The zero-order valence-corrected chi connectivity index (χ0v) is 21.9. The second kappa shape index (κ2) is 6.43. The fourth-order valence-electron chi connectivity index (χ4n) is 11.4. The molecule has 0 saturated heterocycles. The van der Waals surface area contributed by atoms with Crippen molar-refractivity contribution in [2.24, 2.45) is 50.2 Å². The van der Waals surface area contributed by atoms with Crippen molar-refractivity contribution in [3.63, 3.8) is 0 Å². The second-order valence-corrected chi connectivity index (χ2v) is 15.0. The van der Waals surface area contributed by atoms with E-state index in [4.69, 9.17) is 0 Å². The Morgan fingerprint density at radius 1 is 0.742 bits per heavy atom. The molecule has 0 radical (unpaired) electrons. The van der Waals surface area contributed by atoms with Gasteiger partial charge in [-0.1, -0.05) is 73.5 Å². The molecule has 31 heavy (non-hydrogen) atoms. The number of fused-ring (bicyclic) bond motifs is 7. The molecule has 0 heterocycles. The molecule has 0 spiro atoms. The number of hydrogen-bond acceptors (Lipinski definition) is 1. The lowest BCUT2D eigenvalue weighted by Gasteiger charge is -2.72. The van der Waals surface area contributed by atoms with Gasteiger partial charge in [0.2, 0.25) is 0 Å². The van der Waals surface area contributed by atoms with Crippen molar-refractivity contribution in [1.82, 2.24) is 0 Å². The lowest BCUT2D eigenvalue weighted by Crippen LogP contribution is -2.65. The summed E-state index contributed by atoms with van der Waals surface area (Å²) in [6.07, 6.45) is 15.9. The average molecular weight is 427 g/mol. The van der Waals surface area contributed by atoms with E-state index in [0.717, 1.165) is 18.3 Å². The molecule has 0 aromatic carbocycles. The maximum atomic E-state index is 10.9. The third-order valence-electron chi connectivity index (χ3n) is 13.2. The summed E-state index contributed by atoms with van der Waals surface area (Å²) in [5.74, 6) is 2.26. The van der Waals surface area contributed by atoms with Crippen LogP contribution in [0.1, 0.15) is 120 Å². The molecule has 5 aliphatic rings. The van der Waals surface area contributed by atoms with E-state index in [-0.39, 0.29) is 11.5 Å². The first kappa shape index (κ1) is 22.5. The first-order valence-electron chi connectivity index (χ1n) is 13.6. The minimum absolute atomic E-state index is 0.0518. The number of aliphatic hydroxyl groups excluding tert-OH is 1. The van der Waals surface area contributed by atoms with Crippen LogP contribution in [0.4, 0.5) is 0 Å². The molecule has 8 unspecified atom stereocenters. The van der Waals surface area contributed by atoms with Crippen molar-refractivity contribution >= 4 is 0 Å². The third kappa shape index (κ3) is 2.60. The van der Waals surface area contributed by atoms with Gasteiger partial charge in [-0.25, -0.2) is 0 Å². The predicted octanol–water partition coefficient (Wildman–Crippen LogP) is 8.17. The van der Waals surface area contributed by atoms with E-state index in [1.54, 1.807) is 0 Å². The van der Waals surface area contributed by atoms with E-state index < -0.39 is 0 Å². The zero-order chi connectivity index (χ0) is 22.7. The van der Waals surface area contributed by atoms with Crippen LogP contribution in [-0.4, -0.2) is 11.2 Å². The van der Waals surface area contributed by atoms with E-state index >= 15 is 0 Å². The Kier molecular flexibility index (Phi) is 4.66. The third-order valence-corrected chi connectivity index (χ3v) is 13.2. The van der Waals surface area contributed by atoms with Gasteiger partial charge in [-0.2, -0.15) is 0 Å². The first-order valence-corrected chi connectivity index (χ1v) is 13.6. The Bertz CT molecular complexity index is 790. The van der Waals surface area contributed by atoms with Crippen LogP contribution in [0.5, 0.6) is 0 Å². The van der Waals surface area contributed by atoms with Crippen LogP contribution in [0.25, 0.3) is 0 Å². The molecule has 8 atom stereocenters. The lowest BCUT2D eigenvalue weighted by molar-refractivity contribution is -0.205. The van der Waals surface area contributed by atoms with Gasteiger partial charge in [-0.15, -0.1) is 0 Å². The van der Waals surface area contributed by atoms with Crippen LogP contribution in [0.15, 0.2) is 11.6 Å². The Morgan fingerprint density at radius 3 is 2.13 bits per heavy atom. The predicted molar refractivity (Wildman–Crippen MR) is 131 cm³/mol. The fourth-order valence-corrected chi connectivity index (χ4v) is 11.4. The summed E-state index contributed by atoms with van der Waals surface area (Å²) in [5, 5.41) is 10.9. The van der Waals surface area contributed by atoms with Crippen molar-refractivity contribution < 1.29 is 5.11 Å². The minimum Gasteiger partial charge on any atom is -0.393 e. The van der Waals surface area contributed by atoms with Crippen LogP contribution in [0.3, 0.4) is 0 Å². The molecule has 0 aliphatic heterocycles. The molecule has 1 N–H and O–H groups in total. The molecule has 0 amide bonds. The van der Waals surface area contributed by atoms with Gasteiger partial charge >= 0.3 is 0 Å². The van der Waals surface area contributed by atoms with Gasteiger partial charge in [0.05, 0.1) is 6.10 Å². The summed E-state index contributed by atoms with van der Waals surface area (Å²) in [7, 11) is 0.